The Kier molecular flexibility index (Phi) is 3.83. The third-order valence-electron chi connectivity index (χ3n) is 0.934. The fraction of sp³-hybridized carbons (Fsp3) is 0.750. The van der Waals surface area contributed by atoms with Crippen LogP contribution < -0.4 is 16.2 Å². The van der Waals surface area contributed by atoms with Gasteiger partial charge >= 0.3 is 0 Å². The van der Waals surface area contributed by atoms with Crippen LogP contribution in [0.25, 0.3) is 0 Å². The third-order valence-corrected chi connectivity index (χ3v) is 1.71. The highest BCUT2D eigenvalue weighted by Gasteiger charge is 2.00. The summed E-state index contributed by atoms with van der Waals surface area (Å²) in [6, 6.07) is 0. The van der Waals surface area contributed by atoms with Gasteiger partial charge in [-0.1, -0.05) is 0 Å². The number of nitrogens with zero attached hydrogens (tertiary/aromatic N) is 1. The summed E-state index contributed by atoms with van der Waals surface area (Å²) in [6.07, 6.45) is 0. The van der Waals surface area contributed by atoms with Crippen LogP contribution in [-0.4, -0.2) is 33.7 Å². The van der Waals surface area contributed by atoms with Gasteiger partial charge in [0.1, 0.15) is 0 Å². The van der Waals surface area contributed by atoms with Gasteiger partial charge in [0.05, 0.1) is 5.75 Å². The number of hydrogen-bond acceptors (Lipinski definition) is 3. The molecule has 0 aliphatic rings. The standard InChI is InChI=1S/C4H12N4O2S/c1-7-4(5)8-2-3-11(6,9)10/h2-3H2,1H3,(H3,5,7,8)(H2,6,9,10). The second-order valence-electron chi connectivity index (χ2n) is 1.90. The van der Waals surface area contributed by atoms with Crippen LogP contribution in [0, 0.1) is 0 Å². The molecule has 6 nitrogen and oxygen atoms in total. The van der Waals surface area contributed by atoms with Crippen LogP contribution in [0.15, 0.2) is 4.99 Å². The van der Waals surface area contributed by atoms with Gasteiger partial charge in [0.25, 0.3) is 0 Å². The maximum atomic E-state index is 10.4. The molecule has 0 saturated heterocycles. The van der Waals surface area contributed by atoms with Crippen LogP contribution in [0.5, 0.6) is 0 Å². The number of hydrogen-bond donors (Lipinski definition) is 3. The first-order chi connectivity index (χ1) is 4.95. The van der Waals surface area contributed by atoms with Crippen LogP contribution >= 0.6 is 0 Å². The van der Waals surface area contributed by atoms with E-state index in [0.29, 0.717) is 0 Å². The molecule has 0 aromatic heterocycles. The van der Waals surface area contributed by atoms with Gasteiger partial charge in [-0.15, -0.1) is 0 Å². The lowest BCUT2D eigenvalue weighted by Crippen LogP contribution is -2.36. The van der Waals surface area contributed by atoms with Crippen molar-refractivity contribution in [3.05, 3.63) is 0 Å². The second kappa shape index (κ2) is 4.14. The van der Waals surface area contributed by atoms with Crippen LogP contribution in [-0.2, 0) is 10.0 Å². The first-order valence-electron chi connectivity index (χ1n) is 2.92. The van der Waals surface area contributed by atoms with Gasteiger partial charge in [-0.3, -0.25) is 4.99 Å². The molecular weight excluding hydrogens is 168 g/mol. The van der Waals surface area contributed by atoms with Crippen LogP contribution in [0.1, 0.15) is 0 Å². The molecule has 7 heteroatoms. The third kappa shape index (κ3) is 7.07. The van der Waals surface area contributed by atoms with Gasteiger partial charge in [-0.05, 0) is 0 Å². The summed E-state index contributed by atoms with van der Waals surface area (Å²) < 4.78 is 20.7. The Bertz CT molecular complexity index is 232. The Labute approximate surface area is 65.7 Å². The molecular formula is C4H12N4O2S. The molecule has 0 fully saturated rings. The molecule has 0 unspecified atom stereocenters. The molecule has 0 rings (SSSR count). The highest BCUT2D eigenvalue weighted by molar-refractivity contribution is 7.89. The Morgan fingerprint density at radius 2 is 2.18 bits per heavy atom. The quantitative estimate of drug-likeness (QED) is 0.338. The fourth-order valence-electron chi connectivity index (χ4n) is 0.400. The summed E-state index contributed by atoms with van der Waals surface area (Å²) in [5.41, 5.74) is 5.21. The molecule has 0 atom stereocenters. The summed E-state index contributed by atoms with van der Waals surface area (Å²) in [5.74, 6) is 0.0529. The molecule has 0 bridgehead atoms. The highest BCUT2D eigenvalue weighted by Crippen LogP contribution is 1.73. The van der Waals surface area contributed by atoms with Crippen molar-refractivity contribution in [1.29, 1.82) is 0 Å². The Morgan fingerprint density at radius 1 is 1.64 bits per heavy atom. The van der Waals surface area contributed by atoms with Crippen molar-refractivity contribution in [3.8, 4) is 0 Å². The number of rotatable bonds is 3. The molecule has 11 heavy (non-hydrogen) atoms. The van der Waals surface area contributed by atoms with Gasteiger partial charge in [0, 0.05) is 13.6 Å². The lowest BCUT2D eigenvalue weighted by atomic mass is 10.7. The van der Waals surface area contributed by atoms with Gasteiger partial charge < -0.3 is 11.1 Å². The Balaban J connectivity index is 3.60. The van der Waals surface area contributed by atoms with Crippen molar-refractivity contribution in [1.82, 2.24) is 5.32 Å². The van der Waals surface area contributed by atoms with E-state index in [0.717, 1.165) is 0 Å². The van der Waals surface area contributed by atoms with Gasteiger partial charge in [-0.2, -0.15) is 0 Å². The molecule has 0 amide bonds. The van der Waals surface area contributed by atoms with Crippen LogP contribution in [0.3, 0.4) is 0 Å². The molecule has 0 radical (unpaired) electrons. The van der Waals surface area contributed by atoms with Crippen molar-refractivity contribution in [3.63, 3.8) is 0 Å². The number of sulfonamides is 1. The zero-order chi connectivity index (χ0) is 8.91. The van der Waals surface area contributed by atoms with Gasteiger partial charge in [0.2, 0.25) is 10.0 Å². The van der Waals surface area contributed by atoms with E-state index >= 15 is 0 Å². The van der Waals surface area contributed by atoms with Crippen molar-refractivity contribution in [2.24, 2.45) is 15.9 Å². The lowest BCUT2D eigenvalue weighted by molar-refractivity contribution is 0.596. The summed E-state index contributed by atoms with van der Waals surface area (Å²) in [5, 5.41) is 7.27. The Hall–Kier alpha value is -0.820. The monoisotopic (exact) mass is 180 g/mol. The van der Waals surface area contributed by atoms with E-state index in [1.807, 2.05) is 0 Å². The maximum absolute atomic E-state index is 10.4. The predicted octanol–water partition coefficient (Wildman–Crippen LogP) is -2.19. The van der Waals surface area contributed by atoms with Crippen molar-refractivity contribution in [2.45, 2.75) is 0 Å². The maximum Gasteiger partial charge on any atom is 0.210 e. The zero-order valence-corrected chi connectivity index (χ0v) is 7.06. The van der Waals surface area contributed by atoms with E-state index in [1.54, 1.807) is 0 Å². The first kappa shape index (κ1) is 10.2. The van der Waals surface area contributed by atoms with E-state index in [-0.39, 0.29) is 18.3 Å². The van der Waals surface area contributed by atoms with Crippen molar-refractivity contribution < 1.29 is 8.42 Å². The van der Waals surface area contributed by atoms with Gasteiger partial charge in [0.15, 0.2) is 5.96 Å². The van der Waals surface area contributed by atoms with E-state index < -0.39 is 10.0 Å². The average Bonchev–Trinajstić information content (AvgIpc) is 1.85. The minimum absolute atomic E-state index is 0.150. The number of guanidine groups is 1. The normalized spacial score (nSPS) is 13.1. The largest absolute Gasteiger partial charge is 0.370 e. The minimum atomic E-state index is -3.40. The summed E-state index contributed by atoms with van der Waals surface area (Å²) >= 11 is 0. The number of aliphatic imine (C=N–C) groups is 1. The molecule has 0 aliphatic heterocycles. The SMILES string of the molecule is CN=C(N)NCCS(N)(=O)=O. The average molecular weight is 180 g/mol. The molecule has 0 spiro atoms. The molecule has 0 aromatic carbocycles. The molecule has 0 heterocycles. The second-order valence-corrected chi connectivity index (χ2v) is 3.64. The van der Waals surface area contributed by atoms with Crippen LogP contribution in [0.2, 0.25) is 0 Å². The number of nitrogens with one attached hydrogen (secondary N) is 1. The van der Waals surface area contributed by atoms with Crippen molar-refractivity contribution >= 4 is 16.0 Å². The lowest BCUT2D eigenvalue weighted by Gasteiger charge is -2.01. The molecule has 0 aliphatic carbocycles. The molecule has 0 aromatic rings. The predicted molar refractivity (Wildman–Crippen MR) is 43.5 cm³/mol. The summed E-state index contributed by atoms with van der Waals surface area (Å²) in [6.45, 7) is 0.183. The summed E-state index contributed by atoms with van der Waals surface area (Å²) in [4.78, 5) is 3.56. The topological polar surface area (TPSA) is 111 Å². The van der Waals surface area contributed by atoms with E-state index in [4.69, 9.17) is 10.9 Å². The Morgan fingerprint density at radius 3 is 2.55 bits per heavy atom. The minimum Gasteiger partial charge on any atom is -0.370 e. The highest BCUT2D eigenvalue weighted by atomic mass is 32.2. The molecule has 5 N–H and O–H groups in total. The van der Waals surface area contributed by atoms with Crippen molar-refractivity contribution in [2.75, 3.05) is 19.3 Å². The molecule has 66 valence electrons. The molecule has 0 saturated carbocycles. The summed E-state index contributed by atoms with van der Waals surface area (Å²) in [7, 11) is -1.90. The number of primary sulfonamides is 1. The van der Waals surface area contributed by atoms with E-state index in [9.17, 15) is 8.42 Å². The van der Waals surface area contributed by atoms with E-state index in [1.165, 1.54) is 7.05 Å². The zero-order valence-electron chi connectivity index (χ0n) is 6.24. The van der Waals surface area contributed by atoms with E-state index in [2.05, 4.69) is 10.3 Å². The first-order valence-corrected chi connectivity index (χ1v) is 4.64. The van der Waals surface area contributed by atoms with Gasteiger partial charge in [-0.25, -0.2) is 13.6 Å². The fourth-order valence-corrected chi connectivity index (χ4v) is 0.787. The number of nitrogens with two attached hydrogens (primary N) is 2. The van der Waals surface area contributed by atoms with Crippen LogP contribution in [0.4, 0.5) is 0 Å². The smallest absolute Gasteiger partial charge is 0.210 e.